The van der Waals surface area contributed by atoms with Gasteiger partial charge >= 0.3 is 0 Å². The van der Waals surface area contributed by atoms with E-state index in [1.807, 2.05) is 12.1 Å². The molecule has 1 aromatic carbocycles. The SMILES string of the molecule is O=C(Nc1ccc(Cl)cc1)C1[C@H]2CCC=CCC[C@H]12. The highest BCUT2D eigenvalue weighted by molar-refractivity contribution is 6.30. The minimum atomic E-state index is 0.180. The van der Waals surface area contributed by atoms with Crippen LogP contribution in [0.3, 0.4) is 0 Å². The fourth-order valence-electron chi connectivity index (χ4n) is 3.19. The molecule has 2 atom stereocenters. The average molecular weight is 276 g/mol. The zero-order chi connectivity index (χ0) is 13.2. The van der Waals surface area contributed by atoms with Gasteiger partial charge in [-0.05, 0) is 61.8 Å². The molecule has 0 unspecified atom stereocenters. The number of amides is 1. The molecule has 3 heteroatoms. The fraction of sp³-hybridized carbons (Fsp3) is 0.438. The Bertz CT molecular complexity index is 478. The lowest BCUT2D eigenvalue weighted by atomic mass is 10.1. The van der Waals surface area contributed by atoms with Crippen molar-refractivity contribution in [2.45, 2.75) is 25.7 Å². The Kier molecular flexibility index (Phi) is 3.61. The van der Waals surface area contributed by atoms with Crippen LogP contribution in [-0.4, -0.2) is 5.91 Å². The highest BCUT2D eigenvalue weighted by Gasteiger charge is 2.53. The quantitative estimate of drug-likeness (QED) is 0.803. The molecule has 1 N–H and O–H groups in total. The summed E-state index contributed by atoms with van der Waals surface area (Å²) in [5.41, 5.74) is 0.840. The van der Waals surface area contributed by atoms with Crippen LogP contribution >= 0.6 is 11.6 Å². The number of benzene rings is 1. The third kappa shape index (κ3) is 2.84. The summed E-state index contributed by atoms with van der Waals surface area (Å²) in [6.45, 7) is 0. The third-order valence-corrected chi connectivity index (χ3v) is 4.50. The molecule has 19 heavy (non-hydrogen) atoms. The number of fused-ring (bicyclic) bond motifs is 1. The monoisotopic (exact) mass is 275 g/mol. The molecule has 1 aromatic rings. The van der Waals surface area contributed by atoms with Gasteiger partial charge in [0.05, 0.1) is 0 Å². The van der Waals surface area contributed by atoms with Gasteiger partial charge in [0.15, 0.2) is 0 Å². The maximum Gasteiger partial charge on any atom is 0.228 e. The number of rotatable bonds is 2. The largest absolute Gasteiger partial charge is 0.326 e. The second-order valence-electron chi connectivity index (χ2n) is 5.48. The fourth-order valence-corrected chi connectivity index (χ4v) is 3.32. The molecule has 2 aliphatic rings. The van der Waals surface area contributed by atoms with Crippen molar-refractivity contribution < 1.29 is 4.79 Å². The minimum absolute atomic E-state index is 0.180. The van der Waals surface area contributed by atoms with Crippen LogP contribution in [0.25, 0.3) is 0 Å². The van der Waals surface area contributed by atoms with Crippen LogP contribution in [0.15, 0.2) is 36.4 Å². The highest BCUT2D eigenvalue weighted by atomic mass is 35.5. The van der Waals surface area contributed by atoms with Gasteiger partial charge in [0.2, 0.25) is 5.91 Å². The molecule has 2 aliphatic carbocycles. The van der Waals surface area contributed by atoms with Crippen molar-refractivity contribution in [1.82, 2.24) is 0 Å². The van der Waals surface area contributed by atoms with E-state index in [9.17, 15) is 4.79 Å². The van der Waals surface area contributed by atoms with E-state index in [-0.39, 0.29) is 11.8 Å². The lowest BCUT2D eigenvalue weighted by Gasteiger charge is -2.04. The molecular weight excluding hydrogens is 258 g/mol. The van der Waals surface area contributed by atoms with Crippen LogP contribution in [0, 0.1) is 17.8 Å². The van der Waals surface area contributed by atoms with Gasteiger partial charge in [0.1, 0.15) is 0 Å². The van der Waals surface area contributed by atoms with Crippen LogP contribution in [-0.2, 0) is 4.79 Å². The lowest BCUT2D eigenvalue weighted by molar-refractivity contribution is -0.117. The number of hydrogen-bond acceptors (Lipinski definition) is 1. The first kappa shape index (κ1) is 12.7. The van der Waals surface area contributed by atoms with E-state index < -0.39 is 0 Å². The van der Waals surface area contributed by atoms with Crippen molar-refractivity contribution in [2.24, 2.45) is 17.8 Å². The smallest absolute Gasteiger partial charge is 0.228 e. The van der Waals surface area contributed by atoms with Crippen molar-refractivity contribution in [2.75, 3.05) is 5.32 Å². The number of anilines is 1. The number of hydrogen-bond donors (Lipinski definition) is 1. The van der Waals surface area contributed by atoms with Gasteiger partial charge < -0.3 is 5.32 Å². The van der Waals surface area contributed by atoms with E-state index in [0.29, 0.717) is 16.9 Å². The summed E-state index contributed by atoms with van der Waals surface area (Å²) in [5.74, 6) is 1.59. The molecule has 0 saturated heterocycles. The molecule has 1 fully saturated rings. The van der Waals surface area contributed by atoms with Gasteiger partial charge in [0.25, 0.3) is 0 Å². The third-order valence-electron chi connectivity index (χ3n) is 4.25. The van der Waals surface area contributed by atoms with E-state index in [0.717, 1.165) is 31.4 Å². The molecule has 1 amide bonds. The summed E-state index contributed by atoms with van der Waals surface area (Å²) in [4.78, 5) is 12.3. The minimum Gasteiger partial charge on any atom is -0.326 e. The zero-order valence-corrected chi connectivity index (χ0v) is 11.6. The number of nitrogens with one attached hydrogen (secondary N) is 1. The summed E-state index contributed by atoms with van der Waals surface area (Å²) >= 11 is 5.84. The summed E-state index contributed by atoms with van der Waals surface area (Å²) in [5, 5.41) is 3.70. The van der Waals surface area contributed by atoms with Crippen molar-refractivity contribution in [3.63, 3.8) is 0 Å². The van der Waals surface area contributed by atoms with Crippen LogP contribution in [0.5, 0.6) is 0 Å². The van der Waals surface area contributed by atoms with Gasteiger partial charge in [-0.1, -0.05) is 23.8 Å². The maximum absolute atomic E-state index is 12.3. The number of carbonyl (C=O) groups is 1. The average Bonchev–Trinajstić information content (AvgIpc) is 3.03. The molecule has 0 heterocycles. The first-order valence-electron chi connectivity index (χ1n) is 6.97. The van der Waals surface area contributed by atoms with E-state index >= 15 is 0 Å². The summed E-state index contributed by atoms with van der Waals surface area (Å²) in [6.07, 6.45) is 9.04. The first-order chi connectivity index (χ1) is 9.25. The first-order valence-corrected chi connectivity index (χ1v) is 7.35. The van der Waals surface area contributed by atoms with Crippen molar-refractivity contribution in [3.8, 4) is 0 Å². The van der Waals surface area contributed by atoms with Gasteiger partial charge in [-0.15, -0.1) is 0 Å². The Balaban J connectivity index is 1.61. The number of carbonyl (C=O) groups excluding carboxylic acids is 1. The normalized spacial score (nSPS) is 29.0. The molecule has 0 spiro atoms. The molecule has 2 nitrogen and oxygen atoms in total. The van der Waals surface area contributed by atoms with Crippen molar-refractivity contribution in [1.29, 1.82) is 0 Å². The van der Waals surface area contributed by atoms with Crippen LogP contribution in [0.1, 0.15) is 25.7 Å². The zero-order valence-electron chi connectivity index (χ0n) is 10.8. The molecular formula is C16H18ClNO. The Hall–Kier alpha value is -1.28. The van der Waals surface area contributed by atoms with Gasteiger partial charge in [-0.2, -0.15) is 0 Å². The lowest BCUT2D eigenvalue weighted by Crippen LogP contribution is -2.15. The second kappa shape index (κ2) is 5.38. The van der Waals surface area contributed by atoms with Crippen LogP contribution in [0.4, 0.5) is 5.69 Å². The van der Waals surface area contributed by atoms with Crippen molar-refractivity contribution >= 4 is 23.2 Å². The number of halogens is 1. The molecule has 0 radical (unpaired) electrons. The topological polar surface area (TPSA) is 29.1 Å². The Morgan fingerprint density at radius 2 is 1.63 bits per heavy atom. The standard InChI is InChI=1S/C16H18ClNO/c17-11-7-9-12(10-8-11)18-16(19)15-13-5-3-1-2-4-6-14(13)15/h1-2,7-10,13-15H,3-6H2,(H,18,19)/t13-,14-/m0/s1. The van der Waals surface area contributed by atoms with Gasteiger partial charge in [-0.25, -0.2) is 0 Å². The predicted molar refractivity (Wildman–Crippen MR) is 78.2 cm³/mol. The molecule has 100 valence electrons. The van der Waals surface area contributed by atoms with Crippen LogP contribution < -0.4 is 5.32 Å². The molecule has 3 rings (SSSR count). The van der Waals surface area contributed by atoms with Crippen LogP contribution in [0.2, 0.25) is 5.02 Å². The van der Waals surface area contributed by atoms with E-state index in [1.165, 1.54) is 0 Å². The van der Waals surface area contributed by atoms with E-state index in [1.54, 1.807) is 12.1 Å². The molecule has 1 saturated carbocycles. The Labute approximate surface area is 118 Å². The van der Waals surface area contributed by atoms with E-state index in [2.05, 4.69) is 17.5 Å². The summed E-state index contributed by atoms with van der Waals surface area (Å²) in [7, 11) is 0. The van der Waals surface area contributed by atoms with Gasteiger partial charge in [0, 0.05) is 16.6 Å². The van der Waals surface area contributed by atoms with Gasteiger partial charge in [-0.3, -0.25) is 4.79 Å². The second-order valence-corrected chi connectivity index (χ2v) is 5.91. The molecule has 0 aromatic heterocycles. The predicted octanol–water partition coefficient (Wildman–Crippen LogP) is 4.27. The Morgan fingerprint density at radius 1 is 1.05 bits per heavy atom. The molecule has 0 aliphatic heterocycles. The maximum atomic E-state index is 12.3. The molecule has 0 bridgehead atoms. The summed E-state index contributed by atoms with van der Waals surface area (Å²) in [6, 6.07) is 7.31. The summed E-state index contributed by atoms with van der Waals surface area (Å²) < 4.78 is 0. The highest BCUT2D eigenvalue weighted by Crippen LogP contribution is 2.53. The Morgan fingerprint density at radius 3 is 2.21 bits per heavy atom. The van der Waals surface area contributed by atoms with E-state index in [4.69, 9.17) is 11.6 Å². The van der Waals surface area contributed by atoms with Crippen molar-refractivity contribution in [3.05, 3.63) is 41.4 Å². The number of allylic oxidation sites excluding steroid dienone is 2.